The predicted molar refractivity (Wildman–Crippen MR) is 84.4 cm³/mol. The van der Waals surface area contributed by atoms with Gasteiger partial charge in [-0.1, -0.05) is 0 Å². The largest absolute Gasteiger partial charge is 0.350 e. The van der Waals surface area contributed by atoms with Crippen LogP contribution >= 0.6 is 11.6 Å². The van der Waals surface area contributed by atoms with Crippen LogP contribution in [0.2, 0.25) is 0 Å². The van der Waals surface area contributed by atoms with Crippen molar-refractivity contribution in [3.05, 3.63) is 24.3 Å². The third-order valence-corrected chi connectivity index (χ3v) is 3.33. The van der Waals surface area contributed by atoms with Gasteiger partial charge in [0.15, 0.2) is 0 Å². The van der Waals surface area contributed by atoms with Crippen LogP contribution in [0.25, 0.3) is 11.0 Å². The lowest BCUT2D eigenvalue weighted by Gasteiger charge is -2.25. The highest BCUT2D eigenvalue weighted by molar-refractivity contribution is 6.20. The fraction of sp³-hybridized carbons (Fsp3) is 0.533. The second kappa shape index (κ2) is 5.64. The van der Waals surface area contributed by atoms with E-state index >= 15 is 0 Å². The number of imidazole rings is 1. The van der Waals surface area contributed by atoms with E-state index in [1.54, 1.807) is 12.4 Å². The second-order valence-corrected chi connectivity index (χ2v) is 6.89. The molecule has 114 valence electrons. The number of pyridine rings is 1. The highest BCUT2D eigenvalue weighted by Crippen LogP contribution is 2.27. The summed E-state index contributed by atoms with van der Waals surface area (Å²) in [4.78, 5) is 21.0. The number of amides is 1. The molecule has 0 aliphatic rings. The van der Waals surface area contributed by atoms with E-state index in [9.17, 15) is 4.79 Å². The lowest BCUT2D eigenvalue weighted by atomic mass is 10.1. The van der Waals surface area contributed by atoms with Gasteiger partial charge in [-0.2, -0.15) is 0 Å². The zero-order chi connectivity index (χ0) is 15.8. The molecule has 0 aliphatic carbocycles. The summed E-state index contributed by atoms with van der Waals surface area (Å²) >= 11 is 6.23. The second-order valence-electron chi connectivity index (χ2n) is 6.24. The Kier molecular flexibility index (Phi) is 4.23. The first-order chi connectivity index (χ1) is 9.70. The molecule has 0 aromatic carbocycles. The minimum absolute atomic E-state index is 0.0582. The number of aromatic nitrogens is 3. The Hall–Kier alpha value is -1.62. The number of carbonyl (C=O) groups is 1. The molecule has 0 radical (unpaired) electrons. The topological polar surface area (TPSA) is 59.8 Å². The molecule has 6 heteroatoms. The lowest BCUT2D eigenvalue weighted by molar-refractivity contribution is -0.125. The highest BCUT2D eigenvalue weighted by atomic mass is 35.5. The molecule has 1 N–H and O–H groups in total. The van der Waals surface area contributed by atoms with Crippen molar-refractivity contribution in [3.63, 3.8) is 0 Å². The molecule has 2 heterocycles. The fourth-order valence-electron chi connectivity index (χ4n) is 2.25. The molecule has 2 rings (SSSR count). The van der Waals surface area contributed by atoms with Crippen LogP contribution in [0.4, 0.5) is 0 Å². The number of nitrogens with zero attached hydrogens (tertiary/aromatic N) is 3. The number of alkyl halides is 1. The Morgan fingerprint density at radius 3 is 2.62 bits per heavy atom. The molecule has 0 aliphatic heterocycles. The van der Waals surface area contributed by atoms with E-state index < -0.39 is 6.04 Å². The minimum atomic E-state index is -0.396. The van der Waals surface area contributed by atoms with Gasteiger partial charge >= 0.3 is 0 Å². The molecule has 2 aromatic rings. The molecular weight excluding hydrogens is 288 g/mol. The molecule has 21 heavy (non-hydrogen) atoms. The third-order valence-electron chi connectivity index (χ3n) is 3.14. The minimum Gasteiger partial charge on any atom is -0.350 e. The molecule has 2 atom stereocenters. The van der Waals surface area contributed by atoms with Gasteiger partial charge in [0.2, 0.25) is 5.91 Å². The van der Waals surface area contributed by atoms with Gasteiger partial charge in [0.05, 0.1) is 17.1 Å². The summed E-state index contributed by atoms with van der Waals surface area (Å²) in [6.07, 6.45) is 3.38. The summed E-state index contributed by atoms with van der Waals surface area (Å²) < 4.78 is 1.88. The molecule has 0 spiro atoms. The number of rotatable bonds is 3. The molecule has 2 unspecified atom stereocenters. The van der Waals surface area contributed by atoms with Crippen LogP contribution in [0.15, 0.2) is 18.5 Å². The average Bonchev–Trinajstić information content (AvgIpc) is 2.75. The molecule has 0 bridgehead atoms. The summed E-state index contributed by atoms with van der Waals surface area (Å²) in [6, 6.07) is 1.46. The number of nitrogens with one attached hydrogen (secondary N) is 1. The Bertz CT molecular complexity index is 657. The van der Waals surface area contributed by atoms with Gasteiger partial charge in [0.25, 0.3) is 0 Å². The van der Waals surface area contributed by atoms with Crippen LogP contribution in [-0.4, -0.2) is 26.0 Å². The Labute approximate surface area is 129 Å². The van der Waals surface area contributed by atoms with E-state index in [-0.39, 0.29) is 16.8 Å². The zero-order valence-electron chi connectivity index (χ0n) is 13.0. The van der Waals surface area contributed by atoms with E-state index in [0.717, 1.165) is 11.0 Å². The zero-order valence-corrected chi connectivity index (χ0v) is 13.8. The Balaban J connectivity index is 2.49. The quantitative estimate of drug-likeness (QED) is 0.886. The number of carbonyl (C=O) groups excluding carboxylic acids is 1. The van der Waals surface area contributed by atoms with Gasteiger partial charge in [-0.25, -0.2) is 4.98 Å². The number of hydrogen-bond donors (Lipinski definition) is 1. The number of halogens is 1. The van der Waals surface area contributed by atoms with Crippen molar-refractivity contribution in [3.8, 4) is 0 Å². The summed E-state index contributed by atoms with van der Waals surface area (Å²) in [7, 11) is 0. The molecule has 0 saturated carbocycles. The van der Waals surface area contributed by atoms with Crippen LogP contribution in [0.1, 0.15) is 51.9 Å². The van der Waals surface area contributed by atoms with E-state index in [4.69, 9.17) is 11.6 Å². The fourth-order valence-corrected chi connectivity index (χ4v) is 2.40. The van der Waals surface area contributed by atoms with Gasteiger partial charge in [-0.15, -0.1) is 11.6 Å². The van der Waals surface area contributed by atoms with Crippen molar-refractivity contribution in [2.24, 2.45) is 0 Å². The van der Waals surface area contributed by atoms with Crippen molar-refractivity contribution in [2.45, 2.75) is 51.6 Å². The van der Waals surface area contributed by atoms with Crippen LogP contribution in [-0.2, 0) is 4.79 Å². The van der Waals surface area contributed by atoms with Gasteiger partial charge < -0.3 is 9.88 Å². The van der Waals surface area contributed by atoms with Crippen LogP contribution in [0.5, 0.6) is 0 Å². The van der Waals surface area contributed by atoms with Gasteiger partial charge in [-0.05, 0) is 40.7 Å². The van der Waals surface area contributed by atoms with Gasteiger partial charge in [0, 0.05) is 11.7 Å². The van der Waals surface area contributed by atoms with Gasteiger partial charge in [0.1, 0.15) is 17.4 Å². The molecular formula is C15H21ClN4O. The molecule has 0 saturated heterocycles. The van der Waals surface area contributed by atoms with Crippen molar-refractivity contribution < 1.29 is 4.79 Å². The number of hydrogen-bond acceptors (Lipinski definition) is 3. The molecule has 2 aromatic heterocycles. The molecule has 1 amide bonds. The summed E-state index contributed by atoms with van der Waals surface area (Å²) in [5.74, 6) is 0.619. The van der Waals surface area contributed by atoms with E-state index in [2.05, 4.69) is 15.3 Å². The monoisotopic (exact) mass is 308 g/mol. The van der Waals surface area contributed by atoms with Crippen LogP contribution in [0.3, 0.4) is 0 Å². The van der Waals surface area contributed by atoms with Crippen LogP contribution < -0.4 is 5.32 Å². The summed E-state index contributed by atoms with van der Waals surface area (Å²) in [5.41, 5.74) is 1.33. The lowest BCUT2D eigenvalue weighted by Crippen LogP contribution is -2.44. The summed E-state index contributed by atoms with van der Waals surface area (Å²) in [5, 5.41) is 2.70. The summed E-state index contributed by atoms with van der Waals surface area (Å²) in [6.45, 7) is 9.57. The standard InChI is InChI=1S/C15H21ClN4O/c1-9(16)13-18-11-8-17-7-6-12(11)20(13)10(2)14(21)19-15(3,4)5/h6-10H,1-5H3,(H,19,21). The van der Waals surface area contributed by atoms with Crippen molar-refractivity contribution in [1.29, 1.82) is 0 Å². The SMILES string of the molecule is CC(Cl)c1nc2cnccc2n1C(C)C(=O)NC(C)(C)C. The first kappa shape index (κ1) is 15.8. The maximum Gasteiger partial charge on any atom is 0.243 e. The van der Waals surface area contributed by atoms with Crippen LogP contribution in [0, 0.1) is 0 Å². The first-order valence-electron chi connectivity index (χ1n) is 6.98. The van der Waals surface area contributed by atoms with E-state index in [1.165, 1.54) is 0 Å². The molecule has 0 fully saturated rings. The molecule has 5 nitrogen and oxygen atoms in total. The highest BCUT2D eigenvalue weighted by Gasteiger charge is 2.25. The van der Waals surface area contributed by atoms with E-state index in [0.29, 0.717) is 5.82 Å². The Morgan fingerprint density at radius 2 is 2.05 bits per heavy atom. The average molecular weight is 309 g/mol. The Morgan fingerprint density at radius 1 is 1.38 bits per heavy atom. The van der Waals surface area contributed by atoms with Gasteiger partial charge in [-0.3, -0.25) is 9.78 Å². The van der Waals surface area contributed by atoms with Crippen molar-refractivity contribution >= 4 is 28.5 Å². The smallest absolute Gasteiger partial charge is 0.243 e. The van der Waals surface area contributed by atoms with Crippen molar-refractivity contribution in [2.75, 3.05) is 0 Å². The first-order valence-corrected chi connectivity index (χ1v) is 7.42. The maximum atomic E-state index is 12.5. The predicted octanol–water partition coefficient (Wildman–Crippen LogP) is 3.21. The number of fused-ring (bicyclic) bond motifs is 1. The normalized spacial score (nSPS) is 15.0. The third kappa shape index (κ3) is 3.35. The van der Waals surface area contributed by atoms with E-state index in [1.807, 2.05) is 45.3 Å². The maximum absolute atomic E-state index is 12.5. The van der Waals surface area contributed by atoms with Crippen molar-refractivity contribution in [1.82, 2.24) is 19.9 Å².